The first kappa shape index (κ1) is 17.8. The Kier molecular flexibility index (Phi) is 5.67. The summed E-state index contributed by atoms with van der Waals surface area (Å²) in [5.74, 6) is -0.105. The van der Waals surface area contributed by atoms with Gasteiger partial charge in [0.05, 0.1) is 6.54 Å². The molecule has 1 aromatic heterocycles. The number of nitrogens with one attached hydrogen (secondary N) is 2. The molecule has 8 heteroatoms. The van der Waals surface area contributed by atoms with Gasteiger partial charge >= 0.3 is 0 Å². The number of rotatable bonds is 6. The molecule has 1 saturated heterocycles. The summed E-state index contributed by atoms with van der Waals surface area (Å²) in [5.41, 5.74) is 0.398. The molecule has 1 atom stereocenters. The number of piperidine rings is 1. The van der Waals surface area contributed by atoms with Crippen LogP contribution in [0.4, 0.5) is 0 Å². The predicted octanol–water partition coefficient (Wildman–Crippen LogP) is 0.652. The molecule has 3 rings (SSSR count). The Morgan fingerprint density at radius 1 is 1.32 bits per heavy atom. The van der Waals surface area contributed by atoms with Crippen LogP contribution in [-0.4, -0.2) is 63.9 Å². The zero-order valence-corrected chi connectivity index (χ0v) is 15.1. The molecule has 0 aromatic carbocycles. The topological polar surface area (TPSA) is 92.2 Å². The molecule has 0 radical (unpaired) electrons. The molecular weight excluding hydrogens is 320 g/mol. The lowest BCUT2D eigenvalue weighted by atomic mass is 10.0. The summed E-state index contributed by atoms with van der Waals surface area (Å²) in [5, 5.41) is 13.8. The fraction of sp³-hybridized carbons (Fsp3) is 0.765. The van der Waals surface area contributed by atoms with E-state index in [-0.39, 0.29) is 29.2 Å². The third-order valence-corrected chi connectivity index (χ3v) is 4.81. The summed E-state index contributed by atoms with van der Waals surface area (Å²) < 4.78 is 1.56. The zero-order valence-electron chi connectivity index (χ0n) is 15.1. The molecule has 0 bridgehead atoms. The van der Waals surface area contributed by atoms with E-state index in [0.29, 0.717) is 19.0 Å². The molecule has 2 aliphatic heterocycles. The molecule has 0 unspecified atom stereocenters. The number of likely N-dealkylation sites (tertiary alicyclic amines) is 1. The van der Waals surface area contributed by atoms with Crippen molar-refractivity contribution in [2.24, 2.45) is 5.92 Å². The molecule has 25 heavy (non-hydrogen) atoms. The van der Waals surface area contributed by atoms with Gasteiger partial charge in [-0.2, -0.15) is 0 Å². The molecule has 0 spiro atoms. The van der Waals surface area contributed by atoms with Crippen LogP contribution in [0.15, 0.2) is 0 Å². The highest BCUT2D eigenvalue weighted by molar-refractivity contribution is 6.05. The van der Waals surface area contributed by atoms with Crippen molar-refractivity contribution in [1.29, 1.82) is 0 Å². The first-order valence-corrected chi connectivity index (χ1v) is 9.29. The van der Waals surface area contributed by atoms with Crippen LogP contribution in [0.1, 0.15) is 60.5 Å². The Hall–Kier alpha value is -1.96. The van der Waals surface area contributed by atoms with Crippen molar-refractivity contribution in [3.8, 4) is 0 Å². The van der Waals surface area contributed by atoms with Gasteiger partial charge in [-0.25, -0.2) is 4.68 Å². The normalized spacial score (nSPS) is 21.1. The maximum absolute atomic E-state index is 12.4. The van der Waals surface area contributed by atoms with E-state index in [1.807, 2.05) is 0 Å². The van der Waals surface area contributed by atoms with Gasteiger partial charge in [0.25, 0.3) is 11.8 Å². The van der Waals surface area contributed by atoms with Crippen molar-refractivity contribution < 1.29 is 9.59 Å². The summed E-state index contributed by atoms with van der Waals surface area (Å²) in [6, 6.07) is 0.0386. The highest BCUT2D eigenvalue weighted by Gasteiger charge is 2.32. The van der Waals surface area contributed by atoms with E-state index in [1.165, 1.54) is 19.3 Å². The standard InChI is InChI=1S/C17H28N6O2/c1-12(2)10-13-11-23-15(17(25)19-13)14(20-21-23)16(24)18-6-9-22-7-4-3-5-8-22/h12-13H,3-11H2,1-2H3,(H,18,24)(H,19,25)/t13-/m0/s1. The minimum absolute atomic E-state index is 0.0386. The first-order valence-electron chi connectivity index (χ1n) is 9.29. The average molecular weight is 348 g/mol. The lowest BCUT2D eigenvalue weighted by Crippen LogP contribution is -2.46. The van der Waals surface area contributed by atoms with Crippen molar-refractivity contribution in [1.82, 2.24) is 30.5 Å². The van der Waals surface area contributed by atoms with Crippen LogP contribution in [-0.2, 0) is 6.54 Å². The molecule has 2 aliphatic rings. The van der Waals surface area contributed by atoms with Gasteiger partial charge in [-0.15, -0.1) is 5.10 Å². The number of hydrogen-bond acceptors (Lipinski definition) is 5. The summed E-state index contributed by atoms with van der Waals surface area (Å²) >= 11 is 0. The van der Waals surface area contributed by atoms with Gasteiger partial charge in [0.2, 0.25) is 0 Å². The van der Waals surface area contributed by atoms with Crippen LogP contribution in [0.3, 0.4) is 0 Å². The second kappa shape index (κ2) is 7.95. The Morgan fingerprint density at radius 2 is 2.08 bits per heavy atom. The maximum Gasteiger partial charge on any atom is 0.274 e. The van der Waals surface area contributed by atoms with E-state index >= 15 is 0 Å². The minimum atomic E-state index is -0.323. The second-order valence-electron chi connectivity index (χ2n) is 7.43. The lowest BCUT2D eigenvalue weighted by Gasteiger charge is -2.26. The number of carbonyl (C=O) groups excluding carboxylic acids is 2. The minimum Gasteiger partial charge on any atom is -0.349 e. The van der Waals surface area contributed by atoms with E-state index in [2.05, 4.69) is 39.7 Å². The fourth-order valence-electron chi connectivity index (χ4n) is 3.62. The van der Waals surface area contributed by atoms with Gasteiger partial charge in [0, 0.05) is 19.1 Å². The van der Waals surface area contributed by atoms with Gasteiger partial charge in [-0.1, -0.05) is 25.5 Å². The summed E-state index contributed by atoms with van der Waals surface area (Å²) in [6.07, 6.45) is 4.62. The molecule has 0 saturated carbocycles. The fourth-order valence-corrected chi connectivity index (χ4v) is 3.62. The van der Waals surface area contributed by atoms with E-state index in [4.69, 9.17) is 0 Å². The van der Waals surface area contributed by atoms with Gasteiger partial charge in [-0.3, -0.25) is 9.59 Å². The van der Waals surface area contributed by atoms with Gasteiger partial charge < -0.3 is 15.5 Å². The number of fused-ring (bicyclic) bond motifs is 1. The largest absolute Gasteiger partial charge is 0.349 e. The van der Waals surface area contributed by atoms with Gasteiger partial charge in [0.15, 0.2) is 11.4 Å². The smallest absolute Gasteiger partial charge is 0.274 e. The molecular formula is C17H28N6O2. The number of carbonyl (C=O) groups is 2. The Morgan fingerprint density at radius 3 is 2.80 bits per heavy atom. The highest BCUT2D eigenvalue weighted by atomic mass is 16.2. The number of amides is 2. The molecule has 1 aromatic rings. The lowest BCUT2D eigenvalue weighted by molar-refractivity contribution is 0.0869. The van der Waals surface area contributed by atoms with Crippen molar-refractivity contribution in [2.45, 2.75) is 52.1 Å². The Balaban J connectivity index is 1.57. The van der Waals surface area contributed by atoms with E-state index < -0.39 is 0 Å². The van der Waals surface area contributed by atoms with Gasteiger partial charge in [-0.05, 0) is 38.3 Å². The van der Waals surface area contributed by atoms with Crippen LogP contribution >= 0.6 is 0 Å². The van der Waals surface area contributed by atoms with E-state index in [1.54, 1.807) is 4.68 Å². The van der Waals surface area contributed by atoms with Crippen LogP contribution in [0.25, 0.3) is 0 Å². The van der Waals surface area contributed by atoms with Crippen LogP contribution in [0.2, 0.25) is 0 Å². The van der Waals surface area contributed by atoms with Crippen molar-refractivity contribution in [2.75, 3.05) is 26.2 Å². The van der Waals surface area contributed by atoms with Gasteiger partial charge in [0.1, 0.15) is 0 Å². The number of hydrogen-bond donors (Lipinski definition) is 2. The SMILES string of the molecule is CC(C)C[C@H]1Cn2nnc(C(=O)NCCN3CCCCC3)c2C(=O)N1. The van der Waals surface area contributed by atoms with Crippen LogP contribution < -0.4 is 10.6 Å². The molecule has 1 fully saturated rings. The summed E-state index contributed by atoms with van der Waals surface area (Å²) in [4.78, 5) is 27.1. The summed E-state index contributed by atoms with van der Waals surface area (Å²) in [7, 11) is 0. The monoisotopic (exact) mass is 348 g/mol. The quantitative estimate of drug-likeness (QED) is 0.788. The van der Waals surface area contributed by atoms with Crippen molar-refractivity contribution in [3.63, 3.8) is 0 Å². The second-order valence-corrected chi connectivity index (χ2v) is 7.43. The summed E-state index contributed by atoms with van der Waals surface area (Å²) in [6.45, 7) is 8.37. The van der Waals surface area contributed by atoms with Crippen LogP contribution in [0, 0.1) is 5.92 Å². The highest BCUT2D eigenvalue weighted by Crippen LogP contribution is 2.16. The third kappa shape index (κ3) is 4.36. The predicted molar refractivity (Wildman–Crippen MR) is 93.4 cm³/mol. The Labute approximate surface area is 148 Å². The number of aromatic nitrogens is 3. The zero-order chi connectivity index (χ0) is 17.8. The Bertz CT molecular complexity index is 621. The van der Waals surface area contributed by atoms with E-state index in [0.717, 1.165) is 26.1 Å². The molecule has 0 aliphatic carbocycles. The molecule has 2 N–H and O–H groups in total. The third-order valence-electron chi connectivity index (χ3n) is 4.81. The van der Waals surface area contributed by atoms with Crippen molar-refractivity contribution in [3.05, 3.63) is 11.4 Å². The first-order chi connectivity index (χ1) is 12.0. The molecule has 8 nitrogen and oxygen atoms in total. The van der Waals surface area contributed by atoms with E-state index in [9.17, 15) is 9.59 Å². The van der Waals surface area contributed by atoms with Crippen LogP contribution in [0.5, 0.6) is 0 Å². The average Bonchev–Trinajstić information content (AvgIpc) is 2.99. The maximum atomic E-state index is 12.4. The molecule has 3 heterocycles. The molecule has 2 amide bonds. The van der Waals surface area contributed by atoms with Crippen molar-refractivity contribution >= 4 is 11.8 Å². The number of nitrogens with zero attached hydrogens (tertiary/aromatic N) is 4. The molecule has 138 valence electrons.